The molecule has 1 amide bonds. The normalized spacial score (nSPS) is 11.9. The van der Waals surface area contributed by atoms with E-state index in [9.17, 15) is 14.4 Å². The van der Waals surface area contributed by atoms with Gasteiger partial charge in [0.1, 0.15) is 6.29 Å². The van der Waals surface area contributed by atoms with Gasteiger partial charge in [-0.1, -0.05) is 36.4 Å². The molecule has 1 atom stereocenters. The number of ether oxygens (including phenoxy) is 1. The monoisotopic (exact) mass is 406 g/mol. The van der Waals surface area contributed by atoms with Crippen molar-refractivity contribution in [3.05, 3.63) is 70.9 Å². The van der Waals surface area contributed by atoms with Crippen LogP contribution in [0.15, 0.2) is 48.5 Å². The highest BCUT2D eigenvalue weighted by Gasteiger charge is 2.23. The summed E-state index contributed by atoms with van der Waals surface area (Å²) in [7, 11) is 1.34. The lowest BCUT2D eigenvalue weighted by atomic mass is 9.92. The molecule has 3 rings (SSSR count). The van der Waals surface area contributed by atoms with Gasteiger partial charge in [0.15, 0.2) is 0 Å². The number of fused-ring (bicyclic) bond motifs is 1. The number of benzene rings is 2. The fraction of sp³-hybridized carbons (Fsp3) is 0.292. The molecule has 0 aliphatic carbocycles. The van der Waals surface area contributed by atoms with Crippen LogP contribution >= 0.6 is 0 Å². The Labute approximate surface area is 175 Å². The first-order valence-electron chi connectivity index (χ1n) is 9.91. The van der Waals surface area contributed by atoms with Crippen molar-refractivity contribution in [3.8, 4) is 0 Å². The van der Waals surface area contributed by atoms with Gasteiger partial charge < -0.3 is 19.8 Å². The molecule has 0 aliphatic rings. The molecule has 0 saturated carbocycles. The number of nitrogens with two attached hydrogens (primary N) is 1. The van der Waals surface area contributed by atoms with Crippen molar-refractivity contribution in [1.82, 2.24) is 4.57 Å². The largest absolute Gasteiger partial charge is 0.469 e. The van der Waals surface area contributed by atoms with Gasteiger partial charge in [0, 0.05) is 29.6 Å². The van der Waals surface area contributed by atoms with E-state index >= 15 is 0 Å². The van der Waals surface area contributed by atoms with E-state index < -0.39 is 11.8 Å². The number of aromatic nitrogens is 1. The second kappa shape index (κ2) is 9.39. The smallest absolute Gasteiger partial charge is 0.313 e. The highest BCUT2D eigenvalue weighted by Crippen LogP contribution is 2.32. The fourth-order valence-corrected chi connectivity index (χ4v) is 3.95. The van der Waals surface area contributed by atoms with E-state index in [4.69, 9.17) is 10.5 Å². The van der Waals surface area contributed by atoms with Crippen LogP contribution in [0.3, 0.4) is 0 Å². The van der Waals surface area contributed by atoms with Crippen LogP contribution in [0, 0.1) is 6.92 Å². The van der Waals surface area contributed by atoms with Crippen LogP contribution < -0.4 is 5.73 Å². The summed E-state index contributed by atoms with van der Waals surface area (Å²) in [6.45, 7) is 2.64. The fourth-order valence-electron chi connectivity index (χ4n) is 3.95. The van der Waals surface area contributed by atoms with Gasteiger partial charge in [-0.25, -0.2) is 0 Å². The second-order valence-corrected chi connectivity index (χ2v) is 7.38. The van der Waals surface area contributed by atoms with Crippen LogP contribution in [0.4, 0.5) is 0 Å². The zero-order valence-corrected chi connectivity index (χ0v) is 17.3. The van der Waals surface area contributed by atoms with Gasteiger partial charge in [-0.05, 0) is 42.2 Å². The minimum absolute atomic E-state index is 0.116. The summed E-state index contributed by atoms with van der Waals surface area (Å²) in [6.07, 6.45) is 1.55. The van der Waals surface area contributed by atoms with Crippen molar-refractivity contribution >= 4 is 29.1 Å². The molecule has 3 aromatic rings. The molecule has 0 fully saturated rings. The molecule has 0 spiro atoms. The number of esters is 1. The summed E-state index contributed by atoms with van der Waals surface area (Å²) in [5, 5.41) is 0.889. The first-order valence-corrected chi connectivity index (χ1v) is 9.91. The molecule has 0 aliphatic heterocycles. The summed E-state index contributed by atoms with van der Waals surface area (Å²) in [5.74, 6) is -1.33. The van der Waals surface area contributed by atoms with Gasteiger partial charge >= 0.3 is 5.97 Å². The van der Waals surface area contributed by atoms with E-state index in [0.29, 0.717) is 13.0 Å². The van der Waals surface area contributed by atoms with E-state index in [-0.39, 0.29) is 18.8 Å². The van der Waals surface area contributed by atoms with Crippen LogP contribution in [0.2, 0.25) is 0 Å². The Kier molecular flexibility index (Phi) is 6.67. The third-order valence-corrected chi connectivity index (χ3v) is 5.47. The van der Waals surface area contributed by atoms with E-state index in [0.717, 1.165) is 39.6 Å². The molecule has 2 N–H and O–H groups in total. The molecular formula is C24H26N2O4. The summed E-state index contributed by atoms with van der Waals surface area (Å²) < 4.78 is 7.10. The topological polar surface area (TPSA) is 91.4 Å². The maximum Gasteiger partial charge on any atom is 0.313 e. The van der Waals surface area contributed by atoms with E-state index in [1.54, 1.807) is 0 Å². The van der Waals surface area contributed by atoms with E-state index in [2.05, 4.69) is 16.7 Å². The van der Waals surface area contributed by atoms with E-state index in [1.807, 2.05) is 43.3 Å². The number of carbonyl (C=O) groups is 3. The number of hydrogen-bond donors (Lipinski definition) is 1. The second-order valence-electron chi connectivity index (χ2n) is 7.38. The number of nitrogens with zero attached hydrogens (tertiary/aromatic N) is 1. The van der Waals surface area contributed by atoms with Crippen LogP contribution in [0.5, 0.6) is 0 Å². The third-order valence-electron chi connectivity index (χ3n) is 5.47. The number of rotatable bonds is 9. The molecule has 2 aromatic carbocycles. The number of methoxy groups -OCH3 is 1. The maximum atomic E-state index is 12.3. The van der Waals surface area contributed by atoms with Crippen LogP contribution in [0.25, 0.3) is 10.9 Å². The predicted molar refractivity (Wildman–Crippen MR) is 115 cm³/mol. The molecule has 6 heteroatoms. The summed E-state index contributed by atoms with van der Waals surface area (Å²) in [6, 6.07) is 15.8. The molecule has 1 aromatic heterocycles. The average Bonchev–Trinajstić information content (AvgIpc) is 2.99. The SMILES string of the molecule is COC(=O)C(CCC=O)c1ccc2c(c1)c(CC(N)=O)c(C)n2Cc1ccccc1. The number of aldehydes is 1. The van der Waals surface area contributed by atoms with Gasteiger partial charge in [0.2, 0.25) is 5.91 Å². The average molecular weight is 406 g/mol. The highest BCUT2D eigenvalue weighted by atomic mass is 16.5. The molecule has 156 valence electrons. The van der Waals surface area contributed by atoms with Crippen LogP contribution in [-0.2, 0) is 32.1 Å². The minimum atomic E-state index is -0.538. The Balaban J connectivity index is 2.13. The zero-order chi connectivity index (χ0) is 21.7. The number of hydrogen-bond acceptors (Lipinski definition) is 4. The van der Waals surface area contributed by atoms with Crippen molar-refractivity contribution in [2.24, 2.45) is 5.73 Å². The highest BCUT2D eigenvalue weighted by molar-refractivity contribution is 5.92. The van der Waals surface area contributed by atoms with Crippen molar-refractivity contribution in [2.75, 3.05) is 7.11 Å². The molecule has 30 heavy (non-hydrogen) atoms. The first kappa shape index (κ1) is 21.3. The number of primary amides is 1. The van der Waals surface area contributed by atoms with Crippen molar-refractivity contribution in [2.45, 2.75) is 38.6 Å². The molecule has 0 saturated heterocycles. The van der Waals surface area contributed by atoms with Crippen molar-refractivity contribution in [1.29, 1.82) is 0 Å². The molecule has 6 nitrogen and oxygen atoms in total. The van der Waals surface area contributed by atoms with Gasteiger partial charge in [0.05, 0.1) is 19.4 Å². The Morgan fingerprint density at radius 2 is 1.90 bits per heavy atom. The summed E-state index contributed by atoms with van der Waals surface area (Å²) in [4.78, 5) is 34.9. The lowest BCUT2D eigenvalue weighted by Gasteiger charge is -2.14. The molecule has 1 heterocycles. The summed E-state index contributed by atoms with van der Waals surface area (Å²) in [5.41, 5.74) is 10.2. The minimum Gasteiger partial charge on any atom is -0.469 e. The maximum absolute atomic E-state index is 12.3. The van der Waals surface area contributed by atoms with Crippen molar-refractivity contribution < 1.29 is 19.1 Å². The van der Waals surface area contributed by atoms with Crippen LogP contribution in [0.1, 0.15) is 41.1 Å². The van der Waals surface area contributed by atoms with Gasteiger partial charge in [-0.15, -0.1) is 0 Å². The molecule has 0 radical (unpaired) electrons. The number of amides is 1. The molecule has 0 bridgehead atoms. The van der Waals surface area contributed by atoms with Crippen LogP contribution in [-0.4, -0.2) is 29.8 Å². The van der Waals surface area contributed by atoms with Gasteiger partial charge in [-0.2, -0.15) is 0 Å². The Hall–Kier alpha value is -3.41. The lowest BCUT2D eigenvalue weighted by molar-refractivity contribution is -0.142. The Morgan fingerprint density at radius 1 is 1.17 bits per heavy atom. The standard InChI is InChI=1S/C24H26N2O4/c1-16-20(14-23(25)28)21-13-18(19(9-6-12-27)24(29)30-2)10-11-22(21)26(16)15-17-7-4-3-5-8-17/h3-5,7-8,10-13,19H,6,9,14-15H2,1-2H3,(H2,25,28). The lowest BCUT2D eigenvalue weighted by Crippen LogP contribution is -2.15. The molecular weight excluding hydrogens is 380 g/mol. The zero-order valence-electron chi connectivity index (χ0n) is 17.3. The summed E-state index contributed by atoms with van der Waals surface area (Å²) >= 11 is 0. The Bertz CT molecular complexity index is 1070. The van der Waals surface area contributed by atoms with Gasteiger partial charge in [-0.3, -0.25) is 9.59 Å². The van der Waals surface area contributed by atoms with Gasteiger partial charge in [0.25, 0.3) is 0 Å². The van der Waals surface area contributed by atoms with Crippen molar-refractivity contribution in [3.63, 3.8) is 0 Å². The predicted octanol–water partition coefficient (Wildman–Crippen LogP) is 3.26. The first-order chi connectivity index (χ1) is 14.5. The van der Waals surface area contributed by atoms with E-state index in [1.165, 1.54) is 7.11 Å². The number of carbonyl (C=O) groups excluding carboxylic acids is 3. The third kappa shape index (κ3) is 4.43. The quantitative estimate of drug-likeness (QED) is 0.436. The Morgan fingerprint density at radius 3 is 2.53 bits per heavy atom. The molecule has 1 unspecified atom stereocenters.